The molecule has 2 fully saturated rings. The number of aromatic nitrogens is 2. The summed E-state index contributed by atoms with van der Waals surface area (Å²) in [5.74, 6) is -0.511. The van der Waals surface area contributed by atoms with Crippen LogP contribution in [0.1, 0.15) is 130 Å². The van der Waals surface area contributed by atoms with E-state index in [0.717, 1.165) is 87.1 Å². The van der Waals surface area contributed by atoms with Gasteiger partial charge in [-0.05, 0) is 154 Å². The molecule has 7 rings (SSSR count). The van der Waals surface area contributed by atoms with Crippen LogP contribution in [0.15, 0.2) is 114 Å². The highest BCUT2D eigenvalue weighted by Crippen LogP contribution is 2.37. The number of para-hydroxylation sites is 1. The van der Waals surface area contributed by atoms with Crippen LogP contribution < -0.4 is 21.3 Å². The summed E-state index contributed by atoms with van der Waals surface area (Å²) in [6, 6.07) is 24.2. The Balaban J connectivity index is 0.959. The normalized spacial score (nSPS) is 16.7. The minimum Gasteiger partial charge on any atom is -0.388 e. The average molecular weight is 1040 g/mol. The smallest absolute Gasteiger partial charge is 0.229 e. The van der Waals surface area contributed by atoms with E-state index in [-0.39, 0.29) is 29.2 Å². The van der Waals surface area contributed by atoms with Gasteiger partial charge in [0.2, 0.25) is 11.9 Å². The molecule has 0 saturated carbocycles. The van der Waals surface area contributed by atoms with E-state index in [4.69, 9.17) is 32.3 Å². The van der Waals surface area contributed by atoms with E-state index in [1.54, 1.807) is 18.3 Å². The molecule has 5 aromatic rings. The van der Waals surface area contributed by atoms with Crippen LogP contribution in [0.3, 0.4) is 0 Å². The van der Waals surface area contributed by atoms with Gasteiger partial charge in [0.25, 0.3) is 0 Å². The number of allylic oxidation sites excluding steroid dienone is 2. The summed E-state index contributed by atoms with van der Waals surface area (Å²) in [4.78, 5) is 41.2. The van der Waals surface area contributed by atoms with Gasteiger partial charge < -0.3 is 31.4 Å². The first-order chi connectivity index (χ1) is 36.3. The fourth-order valence-corrected chi connectivity index (χ4v) is 10.5. The molecule has 14 heteroatoms. The van der Waals surface area contributed by atoms with E-state index in [0.29, 0.717) is 82.0 Å². The quantitative estimate of drug-likeness (QED) is 0.0218. The summed E-state index contributed by atoms with van der Waals surface area (Å²) < 4.78 is 36.7. The molecule has 1 aromatic heterocycles. The fourth-order valence-electron chi connectivity index (χ4n) is 10.2. The van der Waals surface area contributed by atoms with Gasteiger partial charge in [0.1, 0.15) is 17.5 Å². The van der Waals surface area contributed by atoms with Crippen LogP contribution in [-0.4, -0.2) is 57.8 Å². The first kappa shape index (κ1) is 56.0. The van der Waals surface area contributed by atoms with Gasteiger partial charge in [0.05, 0.1) is 16.4 Å². The van der Waals surface area contributed by atoms with Crippen molar-refractivity contribution in [1.82, 2.24) is 20.6 Å². The van der Waals surface area contributed by atoms with E-state index in [2.05, 4.69) is 58.8 Å². The molecule has 2 saturated heterocycles. The van der Waals surface area contributed by atoms with Crippen molar-refractivity contribution in [3.63, 3.8) is 0 Å². The zero-order valence-electron chi connectivity index (χ0n) is 44.0. The highest BCUT2D eigenvalue weighted by atomic mass is 32.1. The SMILES string of the molecule is C=CC(=N\c1c(C)cccc1-c1cc(F)c(CCCC2CCOCC2)c(F)c1)/C(C=N)=C/NC(CCC)CCC(C)c1ccc(Nc2nccc(Nc3cccc(C(=O)C(C)C4CCC(=S)NC4=O)c3CC)n2)cc1. The maximum absolute atomic E-state index is 15.6. The van der Waals surface area contributed by atoms with E-state index in [1.165, 1.54) is 23.9 Å². The minimum atomic E-state index is -0.554. The van der Waals surface area contributed by atoms with Crippen molar-refractivity contribution < 1.29 is 23.1 Å². The highest BCUT2D eigenvalue weighted by Gasteiger charge is 2.35. The number of aryl methyl sites for hydroxylation is 1. The Bertz CT molecular complexity index is 2870. The number of nitrogens with one attached hydrogen (secondary N) is 5. The molecule has 394 valence electrons. The summed E-state index contributed by atoms with van der Waals surface area (Å²) in [6.45, 7) is 15.7. The number of anilines is 4. The number of hydrogen-bond donors (Lipinski definition) is 5. The number of nitrogens with zero attached hydrogens (tertiary/aromatic N) is 3. The van der Waals surface area contributed by atoms with Crippen molar-refractivity contribution >= 4 is 69.7 Å². The number of carbonyl (C=O) groups is 2. The molecule has 0 aliphatic carbocycles. The van der Waals surface area contributed by atoms with Crippen molar-refractivity contribution in [2.45, 2.75) is 124 Å². The Hall–Kier alpha value is -6.77. The minimum absolute atomic E-state index is 0.0707. The van der Waals surface area contributed by atoms with Gasteiger partial charge in [0.15, 0.2) is 5.78 Å². The summed E-state index contributed by atoms with van der Waals surface area (Å²) in [5.41, 5.74) is 7.76. The van der Waals surface area contributed by atoms with Gasteiger partial charge in [-0.15, -0.1) is 0 Å². The third-order valence-electron chi connectivity index (χ3n) is 14.8. The fraction of sp³-hybridized carbons (Fsp3) is 0.393. The number of piperidine rings is 1. The number of benzene rings is 4. The zero-order chi connectivity index (χ0) is 53.4. The van der Waals surface area contributed by atoms with Crippen LogP contribution in [0.4, 0.5) is 37.6 Å². The number of ketones is 1. The Morgan fingerprint density at radius 2 is 1.72 bits per heavy atom. The lowest BCUT2D eigenvalue weighted by Crippen LogP contribution is -2.44. The molecule has 4 aromatic carbocycles. The van der Waals surface area contributed by atoms with Crippen LogP contribution in [0, 0.1) is 41.7 Å². The number of ether oxygens (including phenoxy) is 1. The number of aliphatic imine (C=N–C) groups is 1. The van der Waals surface area contributed by atoms with Crippen LogP contribution in [0.5, 0.6) is 0 Å². The van der Waals surface area contributed by atoms with Gasteiger partial charge in [-0.1, -0.05) is 95.4 Å². The lowest BCUT2D eigenvalue weighted by Gasteiger charge is -2.27. The maximum atomic E-state index is 15.6. The molecule has 0 spiro atoms. The number of hydrogen-bond acceptors (Lipinski definition) is 11. The maximum Gasteiger partial charge on any atom is 0.229 e. The summed E-state index contributed by atoms with van der Waals surface area (Å²) in [6.07, 6.45) is 15.8. The molecular formula is C61H72F2N8O3S. The number of amides is 1. The standard InChI is InChI=1S/C61H72F2N8O3S/c1-7-13-45(66-37-44(36-64)54(9-3)69-58-39(5)14-10-16-49(58)43-34-52(62)51(53(63)35-43)18-11-15-41-29-32-74-33-30-41)23-20-38(4)42-21-24-46(25-22-42)67-61-65-31-28-56(70-61)68-55-19-12-17-50(47(55)8-2)59(72)40(6)48-26-27-57(75)71-60(48)73/h9-10,12,14,16-17,19,21-22,24-25,28,31,34-38,40-41,45,48,64,66H,3,7-8,11,13,15,18,20,23,26-27,29-30,32-33H2,1-2,4-6H3,(H,71,73,75)(H2,65,67,68,70)/b44-37+,64-36?,69-54+. The van der Waals surface area contributed by atoms with Crippen molar-refractivity contribution in [2.24, 2.45) is 22.7 Å². The third kappa shape index (κ3) is 14.8. The Kier molecular flexibility index (Phi) is 20.3. The van der Waals surface area contributed by atoms with E-state index in [1.807, 2.05) is 75.5 Å². The number of thiocarbonyl (C=S) groups is 1. The second kappa shape index (κ2) is 27.1. The molecule has 3 heterocycles. The Morgan fingerprint density at radius 3 is 2.41 bits per heavy atom. The lowest BCUT2D eigenvalue weighted by molar-refractivity contribution is -0.125. The predicted octanol–water partition coefficient (Wildman–Crippen LogP) is 14.3. The van der Waals surface area contributed by atoms with Crippen LogP contribution >= 0.6 is 12.2 Å². The van der Waals surface area contributed by atoms with Crippen molar-refractivity contribution in [3.05, 3.63) is 149 Å². The summed E-state index contributed by atoms with van der Waals surface area (Å²) in [5, 5.41) is 21.4. The molecule has 1 amide bonds. The van der Waals surface area contributed by atoms with Crippen molar-refractivity contribution in [2.75, 3.05) is 23.8 Å². The second-order valence-corrected chi connectivity index (χ2v) is 20.4. The molecule has 0 bridgehead atoms. The number of Topliss-reactive ketones (excluding diaryl/α,β-unsaturated/α-hetero) is 1. The molecule has 0 radical (unpaired) electrons. The zero-order valence-corrected chi connectivity index (χ0v) is 44.9. The molecule has 2 aliphatic rings. The molecule has 5 N–H and O–H groups in total. The molecule has 4 unspecified atom stereocenters. The summed E-state index contributed by atoms with van der Waals surface area (Å²) in [7, 11) is 0. The molecule has 11 nitrogen and oxygen atoms in total. The van der Waals surface area contributed by atoms with E-state index >= 15 is 8.78 Å². The largest absolute Gasteiger partial charge is 0.388 e. The number of carbonyl (C=O) groups excluding carboxylic acids is 2. The first-order valence-electron chi connectivity index (χ1n) is 26.6. The van der Waals surface area contributed by atoms with E-state index in [9.17, 15) is 9.59 Å². The van der Waals surface area contributed by atoms with E-state index < -0.39 is 23.5 Å². The van der Waals surface area contributed by atoms with Gasteiger partial charge >= 0.3 is 0 Å². The number of halogens is 2. The Morgan fingerprint density at radius 1 is 0.973 bits per heavy atom. The predicted molar refractivity (Wildman–Crippen MR) is 304 cm³/mol. The lowest BCUT2D eigenvalue weighted by atomic mass is 9.81. The van der Waals surface area contributed by atoms with Crippen molar-refractivity contribution in [1.29, 1.82) is 5.41 Å². The second-order valence-electron chi connectivity index (χ2n) is 19.9. The topological polar surface area (TPSA) is 153 Å². The number of rotatable bonds is 25. The molecule has 4 atom stereocenters. The van der Waals surface area contributed by atoms with Crippen LogP contribution in [0.25, 0.3) is 11.1 Å². The Labute approximate surface area is 447 Å². The van der Waals surface area contributed by atoms with Gasteiger partial charge in [-0.25, -0.2) is 18.8 Å². The molecule has 75 heavy (non-hydrogen) atoms. The molecular weight excluding hydrogens is 963 g/mol. The first-order valence-corrected chi connectivity index (χ1v) is 27.0. The van der Waals surface area contributed by atoms with Crippen LogP contribution in [0.2, 0.25) is 0 Å². The highest BCUT2D eigenvalue weighted by molar-refractivity contribution is 7.80. The third-order valence-corrected chi connectivity index (χ3v) is 15.1. The van der Waals surface area contributed by atoms with Gasteiger partial charge in [0, 0.05) is 83.3 Å². The van der Waals surface area contributed by atoms with Crippen LogP contribution in [-0.2, 0) is 22.4 Å². The van der Waals surface area contributed by atoms with Gasteiger partial charge in [-0.3, -0.25) is 9.59 Å². The van der Waals surface area contributed by atoms with Gasteiger partial charge in [-0.2, -0.15) is 4.98 Å². The summed E-state index contributed by atoms with van der Waals surface area (Å²) >= 11 is 5.18. The molecule has 2 aliphatic heterocycles. The average Bonchev–Trinajstić information content (AvgIpc) is 3.41. The van der Waals surface area contributed by atoms with Crippen molar-refractivity contribution in [3.8, 4) is 11.1 Å². The monoisotopic (exact) mass is 1030 g/mol.